The third-order valence-corrected chi connectivity index (χ3v) is 6.67. The van der Waals surface area contributed by atoms with Crippen LogP contribution < -0.4 is 5.32 Å². The zero-order valence-corrected chi connectivity index (χ0v) is 14.9. The van der Waals surface area contributed by atoms with Crippen LogP contribution in [0.1, 0.15) is 24.8 Å². The average molecular weight is 364 g/mol. The number of carbonyl (C=O) groups is 1. The highest BCUT2D eigenvalue weighted by Gasteiger charge is 2.27. The minimum absolute atomic E-state index is 0.114. The van der Waals surface area contributed by atoms with Gasteiger partial charge in [-0.15, -0.1) is 0 Å². The topological polar surface area (TPSA) is 66.5 Å². The summed E-state index contributed by atoms with van der Waals surface area (Å²) in [7, 11) is -3.46. The van der Waals surface area contributed by atoms with E-state index in [1.54, 1.807) is 29.5 Å². The number of amides is 1. The molecule has 1 aliphatic rings. The Morgan fingerprint density at radius 2 is 2.00 bits per heavy atom. The van der Waals surface area contributed by atoms with Gasteiger partial charge in [0, 0.05) is 25.2 Å². The molecule has 1 aromatic heterocycles. The van der Waals surface area contributed by atoms with E-state index in [4.69, 9.17) is 0 Å². The number of hydrogen-bond donors (Lipinski definition) is 1. The molecule has 0 unspecified atom stereocenters. The van der Waals surface area contributed by atoms with Crippen LogP contribution in [0.2, 0.25) is 0 Å². The molecule has 0 bridgehead atoms. The monoisotopic (exact) mass is 364 g/mol. The van der Waals surface area contributed by atoms with E-state index in [0.29, 0.717) is 31.6 Å². The minimum atomic E-state index is -3.46. The van der Waals surface area contributed by atoms with Gasteiger partial charge in [-0.3, -0.25) is 4.79 Å². The highest BCUT2D eigenvalue weighted by molar-refractivity contribution is 7.89. The van der Waals surface area contributed by atoms with Crippen LogP contribution in [0, 0.1) is 0 Å². The van der Waals surface area contributed by atoms with Gasteiger partial charge in [-0.2, -0.15) is 15.6 Å². The van der Waals surface area contributed by atoms with E-state index in [1.165, 1.54) is 10.4 Å². The predicted octanol–water partition coefficient (Wildman–Crippen LogP) is 3.10. The number of anilines is 1. The van der Waals surface area contributed by atoms with Crippen LogP contribution in [-0.4, -0.2) is 31.7 Å². The molecule has 0 aliphatic carbocycles. The highest BCUT2D eigenvalue weighted by Crippen LogP contribution is 2.23. The number of benzene rings is 1. The number of nitrogens with one attached hydrogen (secondary N) is 1. The Morgan fingerprint density at radius 3 is 2.71 bits per heavy atom. The zero-order chi connectivity index (χ0) is 17.0. The smallest absolute Gasteiger partial charge is 0.243 e. The number of thiophene rings is 1. The van der Waals surface area contributed by atoms with Crippen molar-refractivity contribution in [1.82, 2.24) is 4.31 Å². The van der Waals surface area contributed by atoms with E-state index in [0.717, 1.165) is 18.4 Å². The molecule has 3 rings (SSSR count). The van der Waals surface area contributed by atoms with Crippen molar-refractivity contribution in [3.8, 4) is 0 Å². The number of hydrogen-bond acceptors (Lipinski definition) is 4. The highest BCUT2D eigenvalue weighted by atomic mass is 32.2. The summed E-state index contributed by atoms with van der Waals surface area (Å²) in [6.07, 6.45) is 2.86. The van der Waals surface area contributed by atoms with Crippen molar-refractivity contribution in [1.29, 1.82) is 0 Å². The van der Waals surface area contributed by atoms with Crippen LogP contribution >= 0.6 is 11.3 Å². The fourth-order valence-electron chi connectivity index (χ4n) is 2.73. The zero-order valence-electron chi connectivity index (χ0n) is 13.3. The van der Waals surface area contributed by atoms with Gasteiger partial charge < -0.3 is 5.32 Å². The molecule has 1 N–H and O–H groups in total. The summed E-state index contributed by atoms with van der Waals surface area (Å²) in [5.74, 6) is -0.114. The molecule has 2 heterocycles. The molecule has 2 aromatic rings. The van der Waals surface area contributed by atoms with Gasteiger partial charge in [0.2, 0.25) is 15.9 Å². The van der Waals surface area contributed by atoms with E-state index < -0.39 is 10.0 Å². The molecule has 128 valence electrons. The van der Waals surface area contributed by atoms with E-state index in [1.807, 2.05) is 16.8 Å². The van der Waals surface area contributed by atoms with E-state index in [-0.39, 0.29) is 10.8 Å². The Labute approximate surface area is 146 Å². The molecule has 1 aliphatic heterocycles. The lowest BCUT2D eigenvalue weighted by atomic mass is 10.2. The molecule has 1 amide bonds. The largest absolute Gasteiger partial charge is 0.326 e. The molecule has 5 nitrogen and oxygen atoms in total. The van der Waals surface area contributed by atoms with Gasteiger partial charge in [-0.05, 0) is 59.9 Å². The van der Waals surface area contributed by atoms with E-state index in [2.05, 4.69) is 5.32 Å². The molecular formula is C17H20N2O3S2. The van der Waals surface area contributed by atoms with Crippen LogP contribution in [0.3, 0.4) is 0 Å². The number of carbonyl (C=O) groups excluding carboxylic acids is 1. The van der Waals surface area contributed by atoms with Gasteiger partial charge >= 0.3 is 0 Å². The van der Waals surface area contributed by atoms with Gasteiger partial charge in [0.1, 0.15) is 0 Å². The van der Waals surface area contributed by atoms with Crippen molar-refractivity contribution >= 4 is 33.0 Å². The molecule has 1 saturated heterocycles. The van der Waals surface area contributed by atoms with Gasteiger partial charge in [-0.1, -0.05) is 6.07 Å². The quantitative estimate of drug-likeness (QED) is 0.856. The first-order chi connectivity index (χ1) is 11.6. The van der Waals surface area contributed by atoms with Crippen molar-refractivity contribution in [3.05, 3.63) is 46.7 Å². The van der Waals surface area contributed by atoms with Crippen LogP contribution in [0.25, 0.3) is 0 Å². The standard InChI is InChI=1S/C17H20N2O3S2/c20-17(7-6-14-8-11-23-13-14)18-15-4-3-5-16(12-15)24(21,22)19-9-1-2-10-19/h3-5,8,11-13H,1-2,6-7,9-10H2,(H,18,20). The van der Waals surface area contributed by atoms with E-state index in [9.17, 15) is 13.2 Å². The second kappa shape index (κ2) is 7.46. The summed E-state index contributed by atoms with van der Waals surface area (Å²) < 4.78 is 26.6. The lowest BCUT2D eigenvalue weighted by molar-refractivity contribution is -0.116. The first-order valence-electron chi connectivity index (χ1n) is 7.97. The molecule has 7 heteroatoms. The van der Waals surface area contributed by atoms with Crippen molar-refractivity contribution in [2.75, 3.05) is 18.4 Å². The molecule has 1 aromatic carbocycles. The van der Waals surface area contributed by atoms with Gasteiger partial charge in [0.05, 0.1) is 4.90 Å². The van der Waals surface area contributed by atoms with Crippen molar-refractivity contribution in [3.63, 3.8) is 0 Å². The predicted molar refractivity (Wildman–Crippen MR) is 95.7 cm³/mol. The van der Waals surface area contributed by atoms with Crippen LogP contribution in [0.4, 0.5) is 5.69 Å². The molecule has 0 saturated carbocycles. The Balaban J connectivity index is 1.65. The Hall–Kier alpha value is -1.70. The van der Waals surface area contributed by atoms with Gasteiger partial charge in [0.15, 0.2) is 0 Å². The van der Waals surface area contributed by atoms with Crippen molar-refractivity contribution < 1.29 is 13.2 Å². The Morgan fingerprint density at radius 1 is 1.21 bits per heavy atom. The molecule has 0 spiro atoms. The second-order valence-electron chi connectivity index (χ2n) is 5.82. The molecule has 24 heavy (non-hydrogen) atoms. The fourth-order valence-corrected chi connectivity index (χ4v) is 4.99. The molecule has 1 fully saturated rings. The first-order valence-corrected chi connectivity index (χ1v) is 10.4. The van der Waals surface area contributed by atoms with Crippen molar-refractivity contribution in [2.45, 2.75) is 30.6 Å². The van der Waals surface area contributed by atoms with Gasteiger partial charge in [0.25, 0.3) is 0 Å². The third kappa shape index (κ3) is 4.03. The van der Waals surface area contributed by atoms with Crippen LogP contribution in [0.5, 0.6) is 0 Å². The SMILES string of the molecule is O=C(CCc1ccsc1)Nc1cccc(S(=O)(=O)N2CCCC2)c1. The summed E-state index contributed by atoms with van der Waals surface area (Å²) in [5, 5.41) is 6.80. The second-order valence-corrected chi connectivity index (χ2v) is 8.54. The Bertz CT molecular complexity index is 795. The van der Waals surface area contributed by atoms with E-state index >= 15 is 0 Å². The fraction of sp³-hybridized carbons (Fsp3) is 0.353. The minimum Gasteiger partial charge on any atom is -0.326 e. The molecule has 0 atom stereocenters. The maximum absolute atomic E-state index is 12.6. The third-order valence-electron chi connectivity index (χ3n) is 4.04. The first kappa shape index (κ1) is 17.1. The maximum Gasteiger partial charge on any atom is 0.243 e. The maximum atomic E-state index is 12.6. The number of nitrogens with zero attached hydrogens (tertiary/aromatic N) is 1. The Kier molecular flexibility index (Phi) is 5.33. The number of sulfonamides is 1. The summed E-state index contributed by atoms with van der Waals surface area (Å²) in [4.78, 5) is 12.3. The summed E-state index contributed by atoms with van der Waals surface area (Å²) in [6, 6.07) is 8.49. The summed E-state index contributed by atoms with van der Waals surface area (Å²) >= 11 is 1.61. The van der Waals surface area contributed by atoms with Gasteiger partial charge in [-0.25, -0.2) is 8.42 Å². The normalized spacial score (nSPS) is 15.5. The van der Waals surface area contributed by atoms with Crippen molar-refractivity contribution in [2.24, 2.45) is 0 Å². The molecule has 0 radical (unpaired) electrons. The number of aryl methyl sites for hydroxylation is 1. The van der Waals surface area contributed by atoms with Crippen LogP contribution in [0.15, 0.2) is 46.0 Å². The lowest BCUT2D eigenvalue weighted by Gasteiger charge is -2.16. The molecular weight excluding hydrogens is 344 g/mol. The van der Waals surface area contributed by atoms with Crippen LogP contribution in [-0.2, 0) is 21.2 Å². The summed E-state index contributed by atoms with van der Waals surface area (Å²) in [5.41, 5.74) is 1.66. The number of rotatable bonds is 6. The average Bonchev–Trinajstić information content (AvgIpc) is 3.27. The summed E-state index contributed by atoms with van der Waals surface area (Å²) in [6.45, 7) is 1.14. The lowest BCUT2D eigenvalue weighted by Crippen LogP contribution is -2.27.